The van der Waals surface area contributed by atoms with Crippen molar-refractivity contribution in [1.82, 2.24) is 20.4 Å². The molecule has 1 aliphatic carbocycles. The monoisotopic (exact) mass is 326 g/mol. The summed E-state index contributed by atoms with van der Waals surface area (Å²) >= 11 is 0. The van der Waals surface area contributed by atoms with E-state index >= 15 is 0 Å². The van der Waals surface area contributed by atoms with Crippen LogP contribution in [0.5, 0.6) is 0 Å². The van der Waals surface area contributed by atoms with Crippen molar-refractivity contribution in [2.75, 3.05) is 13.1 Å². The highest BCUT2D eigenvalue weighted by molar-refractivity contribution is 5.85. The zero-order valence-corrected chi connectivity index (χ0v) is 14.5. The molecule has 6 heteroatoms. The Morgan fingerprint density at radius 3 is 3.00 bits per heavy atom. The van der Waals surface area contributed by atoms with Gasteiger partial charge in [0.1, 0.15) is 0 Å². The van der Waals surface area contributed by atoms with Crippen LogP contribution in [0.3, 0.4) is 0 Å². The maximum Gasteiger partial charge on any atom is 0.228 e. The number of rotatable bonds is 3. The fraction of sp³-hybridized carbons (Fsp3) is 0.750. The van der Waals surface area contributed by atoms with Gasteiger partial charge in [0.15, 0.2) is 0 Å². The summed E-state index contributed by atoms with van der Waals surface area (Å²) in [6.45, 7) is 5.88. The first-order valence-electron chi connectivity index (χ1n) is 8.05. The number of aryl methyl sites for hydroxylation is 2. The summed E-state index contributed by atoms with van der Waals surface area (Å²) < 4.78 is 1.81. The number of hydrogen-bond acceptors (Lipinski definition) is 3. The normalized spacial score (nSPS) is 28.6. The van der Waals surface area contributed by atoms with Crippen LogP contribution < -0.4 is 10.6 Å². The van der Waals surface area contributed by atoms with Gasteiger partial charge in [-0.15, -0.1) is 12.4 Å². The van der Waals surface area contributed by atoms with E-state index in [1.807, 2.05) is 24.9 Å². The number of aromatic nitrogens is 2. The van der Waals surface area contributed by atoms with E-state index in [0.717, 1.165) is 30.8 Å². The average molecular weight is 327 g/mol. The van der Waals surface area contributed by atoms with Crippen LogP contribution in [-0.4, -0.2) is 28.8 Å². The van der Waals surface area contributed by atoms with E-state index in [-0.39, 0.29) is 29.8 Å². The van der Waals surface area contributed by atoms with E-state index in [1.54, 1.807) is 0 Å². The highest BCUT2D eigenvalue weighted by Crippen LogP contribution is 2.44. The van der Waals surface area contributed by atoms with E-state index in [4.69, 9.17) is 0 Å². The van der Waals surface area contributed by atoms with Crippen LogP contribution in [0.1, 0.15) is 49.9 Å². The predicted octanol–water partition coefficient (Wildman–Crippen LogP) is 2.11. The first-order chi connectivity index (χ1) is 10.0. The van der Waals surface area contributed by atoms with Crippen LogP contribution in [0, 0.1) is 18.3 Å². The molecule has 0 aromatic carbocycles. The molecule has 1 saturated carbocycles. The maximum atomic E-state index is 12.9. The first kappa shape index (κ1) is 17.3. The van der Waals surface area contributed by atoms with E-state index in [0.29, 0.717) is 5.92 Å². The lowest BCUT2D eigenvalue weighted by atomic mass is 9.67. The Balaban J connectivity index is 0.00000176. The van der Waals surface area contributed by atoms with Gasteiger partial charge in [0, 0.05) is 25.4 Å². The molecular weight excluding hydrogens is 300 g/mol. The molecule has 1 aromatic heterocycles. The van der Waals surface area contributed by atoms with Crippen LogP contribution in [-0.2, 0) is 11.8 Å². The molecule has 2 N–H and O–H groups in total. The molecule has 2 heterocycles. The lowest BCUT2D eigenvalue weighted by Crippen LogP contribution is -2.48. The van der Waals surface area contributed by atoms with E-state index in [1.165, 1.54) is 19.3 Å². The molecule has 3 atom stereocenters. The van der Waals surface area contributed by atoms with Gasteiger partial charge >= 0.3 is 0 Å². The SMILES string of the molecule is Cc1nn(C)cc1C(C)NC(=O)[C@@]12CCCC[C@H]1CNC2.Cl. The molecule has 0 radical (unpaired) electrons. The smallest absolute Gasteiger partial charge is 0.228 e. The number of nitrogens with one attached hydrogen (secondary N) is 2. The fourth-order valence-electron chi connectivity index (χ4n) is 4.15. The van der Waals surface area contributed by atoms with Gasteiger partial charge < -0.3 is 10.6 Å². The van der Waals surface area contributed by atoms with Crippen molar-refractivity contribution >= 4 is 18.3 Å². The molecule has 1 amide bonds. The Morgan fingerprint density at radius 2 is 2.32 bits per heavy atom. The molecule has 5 nitrogen and oxygen atoms in total. The second-order valence-electron chi connectivity index (χ2n) is 6.77. The van der Waals surface area contributed by atoms with E-state index in [9.17, 15) is 4.79 Å². The molecule has 1 saturated heterocycles. The van der Waals surface area contributed by atoms with E-state index in [2.05, 4.69) is 22.7 Å². The molecule has 0 bridgehead atoms. The summed E-state index contributed by atoms with van der Waals surface area (Å²) in [5.41, 5.74) is 1.93. The number of nitrogens with zero attached hydrogens (tertiary/aromatic N) is 2. The number of halogens is 1. The minimum Gasteiger partial charge on any atom is -0.349 e. The van der Waals surface area contributed by atoms with Crippen LogP contribution in [0.2, 0.25) is 0 Å². The summed E-state index contributed by atoms with van der Waals surface area (Å²) in [7, 11) is 1.92. The largest absolute Gasteiger partial charge is 0.349 e. The zero-order chi connectivity index (χ0) is 15.0. The van der Waals surface area contributed by atoms with E-state index < -0.39 is 0 Å². The van der Waals surface area contributed by atoms with Gasteiger partial charge in [0.05, 0.1) is 17.2 Å². The topological polar surface area (TPSA) is 59.0 Å². The Labute approximate surface area is 138 Å². The predicted molar refractivity (Wildman–Crippen MR) is 89.0 cm³/mol. The lowest BCUT2D eigenvalue weighted by Gasteiger charge is -2.37. The molecule has 1 unspecified atom stereocenters. The van der Waals surface area contributed by atoms with Crippen LogP contribution in [0.25, 0.3) is 0 Å². The highest BCUT2D eigenvalue weighted by atomic mass is 35.5. The molecule has 124 valence electrons. The second kappa shape index (κ2) is 6.59. The van der Waals surface area contributed by atoms with Crippen molar-refractivity contribution in [3.05, 3.63) is 17.5 Å². The zero-order valence-electron chi connectivity index (χ0n) is 13.7. The number of amides is 1. The van der Waals surface area contributed by atoms with Gasteiger partial charge in [-0.25, -0.2) is 0 Å². The minimum absolute atomic E-state index is 0. The maximum absolute atomic E-state index is 12.9. The summed E-state index contributed by atoms with van der Waals surface area (Å²) in [6, 6.07) is 0.0174. The van der Waals surface area contributed by atoms with Gasteiger partial charge in [-0.1, -0.05) is 12.8 Å². The molecule has 22 heavy (non-hydrogen) atoms. The number of fused-ring (bicyclic) bond motifs is 1. The van der Waals surface area contributed by atoms with Crippen LogP contribution in [0.15, 0.2) is 6.20 Å². The standard InChI is InChI=1S/C16H26N4O.ClH/c1-11(14-9-20(3)19-12(14)2)18-15(21)16-7-5-4-6-13(16)8-17-10-16;/h9,11,13,17H,4-8,10H2,1-3H3,(H,18,21);1H/t11?,13-,16+;/m0./s1. The number of carbonyl (C=O) groups is 1. The van der Waals surface area contributed by atoms with Crippen molar-refractivity contribution in [2.45, 2.75) is 45.6 Å². The lowest BCUT2D eigenvalue weighted by molar-refractivity contribution is -0.134. The number of carbonyl (C=O) groups excluding carboxylic acids is 1. The highest BCUT2D eigenvalue weighted by Gasteiger charge is 2.50. The molecule has 0 spiro atoms. The Hall–Kier alpha value is -1.07. The number of hydrogen-bond donors (Lipinski definition) is 2. The fourth-order valence-corrected chi connectivity index (χ4v) is 4.15. The third-order valence-electron chi connectivity index (χ3n) is 5.36. The second-order valence-corrected chi connectivity index (χ2v) is 6.77. The quantitative estimate of drug-likeness (QED) is 0.894. The van der Waals surface area contributed by atoms with Crippen molar-refractivity contribution in [2.24, 2.45) is 18.4 Å². The Morgan fingerprint density at radius 1 is 1.55 bits per heavy atom. The Bertz CT molecular complexity index is 544. The third kappa shape index (κ3) is 2.88. The minimum atomic E-state index is -0.178. The summed E-state index contributed by atoms with van der Waals surface area (Å²) in [4.78, 5) is 12.9. The summed E-state index contributed by atoms with van der Waals surface area (Å²) in [6.07, 6.45) is 6.64. The van der Waals surface area contributed by atoms with Crippen LogP contribution in [0.4, 0.5) is 0 Å². The van der Waals surface area contributed by atoms with Gasteiger partial charge in [-0.2, -0.15) is 5.10 Å². The van der Waals surface area contributed by atoms with Crippen molar-refractivity contribution in [3.63, 3.8) is 0 Å². The third-order valence-corrected chi connectivity index (χ3v) is 5.36. The van der Waals surface area contributed by atoms with Crippen LogP contribution >= 0.6 is 12.4 Å². The summed E-state index contributed by atoms with van der Waals surface area (Å²) in [5, 5.41) is 11.1. The molecule has 1 aliphatic heterocycles. The van der Waals surface area contributed by atoms with Gasteiger partial charge in [0.25, 0.3) is 0 Å². The first-order valence-corrected chi connectivity index (χ1v) is 8.05. The molecule has 3 rings (SSSR count). The van der Waals surface area contributed by atoms with Gasteiger partial charge in [-0.3, -0.25) is 9.48 Å². The summed E-state index contributed by atoms with van der Waals surface area (Å²) in [5.74, 6) is 0.737. The van der Waals surface area contributed by atoms with Crippen molar-refractivity contribution in [3.8, 4) is 0 Å². The molecular formula is C16H27ClN4O. The molecule has 2 fully saturated rings. The van der Waals surface area contributed by atoms with Gasteiger partial charge in [-0.05, 0) is 39.2 Å². The molecule has 1 aromatic rings. The molecule has 2 aliphatic rings. The van der Waals surface area contributed by atoms with Gasteiger partial charge in [0.2, 0.25) is 5.91 Å². The Kier molecular flexibility index (Phi) is 5.17. The average Bonchev–Trinajstić information content (AvgIpc) is 3.02. The van der Waals surface area contributed by atoms with Crippen molar-refractivity contribution < 1.29 is 4.79 Å². The van der Waals surface area contributed by atoms with Crippen molar-refractivity contribution in [1.29, 1.82) is 0 Å².